The van der Waals surface area contributed by atoms with Gasteiger partial charge in [-0.05, 0) is 30.5 Å². The minimum absolute atomic E-state index is 0.611. The maximum Gasteiger partial charge on any atom is 0.0595 e. The van der Waals surface area contributed by atoms with Crippen LogP contribution < -0.4 is 0 Å². The molecule has 0 nitrogen and oxygen atoms in total. The lowest BCUT2D eigenvalue weighted by molar-refractivity contribution is 1.20. The Kier molecular flexibility index (Phi) is 5.61. The van der Waals surface area contributed by atoms with Crippen molar-refractivity contribution in [2.75, 3.05) is 5.33 Å². The maximum absolute atomic E-state index is 5.89. The Morgan fingerprint density at radius 1 is 1.14 bits per heavy atom. The van der Waals surface area contributed by atoms with Gasteiger partial charge in [0.1, 0.15) is 0 Å². The highest BCUT2D eigenvalue weighted by Gasteiger charge is 1.97. The van der Waals surface area contributed by atoms with Gasteiger partial charge in [0.2, 0.25) is 0 Å². The smallest absolute Gasteiger partial charge is 0.0595 e. The first kappa shape index (κ1) is 12.1. The highest BCUT2D eigenvalue weighted by atomic mass is 79.9. The van der Waals surface area contributed by atoms with Crippen LogP contribution in [0.25, 0.3) is 0 Å². The molecule has 1 aromatic carbocycles. The predicted octanol–water partition coefficient (Wildman–Crippen LogP) is 4.88. The second kappa shape index (κ2) is 6.49. The molecule has 0 unspecified atom stereocenters. The van der Waals surface area contributed by atoms with E-state index >= 15 is 0 Å². The van der Waals surface area contributed by atoms with Gasteiger partial charge >= 0.3 is 0 Å². The van der Waals surface area contributed by atoms with E-state index in [0.717, 1.165) is 18.2 Å². The van der Waals surface area contributed by atoms with E-state index in [1.54, 1.807) is 0 Å². The highest BCUT2D eigenvalue weighted by molar-refractivity contribution is 9.09. The Balaban J connectivity index is 2.55. The van der Waals surface area contributed by atoms with Crippen molar-refractivity contribution in [2.45, 2.75) is 12.8 Å². The van der Waals surface area contributed by atoms with Crippen LogP contribution in [0.3, 0.4) is 0 Å². The van der Waals surface area contributed by atoms with Crippen LogP contribution in [0.1, 0.15) is 12.0 Å². The summed E-state index contributed by atoms with van der Waals surface area (Å²) < 4.78 is 0. The summed E-state index contributed by atoms with van der Waals surface area (Å²) >= 11 is 15.1. The fraction of sp³-hybridized carbons (Fsp3) is 0.273. The van der Waals surface area contributed by atoms with Gasteiger partial charge in [0.25, 0.3) is 0 Å². The summed E-state index contributed by atoms with van der Waals surface area (Å²) in [5, 5.41) is 2.24. The average molecular weight is 294 g/mol. The van der Waals surface area contributed by atoms with Crippen molar-refractivity contribution in [2.24, 2.45) is 0 Å². The molecule has 0 saturated carbocycles. The average Bonchev–Trinajstić information content (AvgIpc) is 2.18. The van der Waals surface area contributed by atoms with Crippen molar-refractivity contribution < 1.29 is 0 Å². The van der Waals surface area contributed by atoms with Gasteiger partial charge in [0.15, 0.2) is 0 Å². The third kappa shape index (κ3) is 4.04. The second-order valence-corrected chi connectivity index (χ2v) is 4.51. The van der Waals surface area contributed by atoms with Crippen LogP contribution in [0.15, 0.2) is 30.4 Å². The molecule has 0 N–H and O–H groups in total. The molecular weight excluding hydrogens is 283 g/mol. The molecule has 0 fully saturated rings. The summed E-state index contributed by atoms with van der Waals surface area (Å²) in [4.78, 5) is 0. The van der Waals surface area contributed by atoms with E-state index in [0.29, 0.717) is 10.0 Å². The zero-order valence-electron chi connectivity index (χ0n) is 7.64. The van der Waals surface area contributed by atoms with Crippen molar-refractivity contribution in [1.82, 2.24) is 0 Å². The Morgan fingerprint density at radius 2 is 1.93 bits per heavy atom. The van der Waals surface area contributed by atoms with Crippen LogP contribution in [0.2, 0.25) is 10.0 Å². The molecule has 0 aliphatic heterocycles. The van der Waals surface area contributed by atoms with Gasteiger partial charge in [0, 0.05) is 5.33 Å². The van der Waals surface area contributed by atoms with Crippen LogP contribution >= 0.6 is 39.1 Å². The van der Waals surface area contributed by atoms with Crippen LogP contribution in [-0.4, -0.2) is 5.33 Å². The molecule has 0 radical (unpaired) electrons. The van der Waals surface area contributed by atoms with Crippen molar-refractivity contribution in [1.29, 1.82) is 0 Å². The first-order valence-corrected chi connectivity index (χ1v) is 6.26. The Bertz CT molecular complexity index is 321. The SMILES string of the molecule is Clc1ccc(CC=CCCBr)cc1Cl. The molecule has 0 aliphatic carbocycles. The standard InChI is InChI=1S/C11H11BrCl2/c12-7-3-1-2-4-9-5-6-10(13)11(14)8-9/h1-2,5-6,8H,3-4,7H2. The monoisotopic (exact) mass is 292 g/mol. The summed E-state index contributed by atoms with van der Waals surface area (Å²) in [7, 11) is 0. The number of allylic oxidation sites excluding steroid dienone is 2. The van der Waals surface area contributed by atoms with Gasteiger partial charge in [0.05, 0.1) is 10.0 Å². The second-order valence-electron chi connectivity index (χ2n) is 2.90. The van der Waals surface area contributed by atoms with E-state index in [2.05, 4.69) is 28.1 Å². The Morgan fingerprint density at radius 3 is 2.57 bits per heavy atom. The van der Waals surface area contributed by atoms with Crippen molar-refractivity contribution in [3.63, 3.8) is 0 Å². The third-order valence-electron chi connectivity index (χ3n) is 1.78. The largest absolute Gasteiger partial charge is 0.0925 e. The molecule has 0 amide bonds. The fourth-order valence-electron chi connectivity index (χ4n) is 1.07. The normalized spacial score (nSPS) is 11.1. The van der Waals surface area contributed by atoms with Gasteiger partial charge in [-0.2, -0.15) is 0 Å². The van der Waals surface area contributed by atoms with E-state index in [1.807, 2.05) is 18.2 Å². The minimum Gasteiger partial charge on any atom is -0.0925 e. The molecule has 0 spiro atoms. The summed E-state index contributed by atoms with van der Waals surface area (Å²) in [5.74, 6) is 0. The van der Waals surface area contributed by atoms with Crippen molar-refractivity contribution in [3.8, 4) is 0 Å². The van der Waals surface area contributed by atoms with Gasteiger partial charge in [-0.15, -0.1) is 0 Å². The molecule has 1 aromatic rings. The lowest BCUT2D eigenvalue weighted by Crippen LogP contribution is -1.81. The fourth-order valence-corrected chi connectivity index (χ4v) is 1.65. The quantitative estimate of drug-likeness (QED) is 0.548. The van der Waals surface area contributed by atoms with E-state index in [-0.39, 0.29) is 0 Å². The number of hydrogen-bond donors (Lipinski definition) is 0. The molecule has 0 bridgehead atoms. The van der Waals surface area contributed by atoms with Crippen molar-refractivity contribution >= 4 is 39.1 Å². The molecular formula is C11H11BrCl2. The van der Waals surface area contributed by atoms with Gasteiger partial charge in [-0.1, -0.05) is 57.4 Å². The number of alkyl halides is 1. The molecule has 14 heavy (non-hydrogen) atoms. The lowest BCUT2D eigenvalue weighted by Gasteiger charge is -1.99. The zero-order valence-corrected chi connectivity index (χ0v) is 10.7. The topological polar surface area (TPSA) is 0 Å². The van der Waals surface area contributed by atoms with Gasteiger partial charge in [-0.3, -0.25) is 0 Å². The number of hydrogen-bond acceptors (Lipinski definition) is 0. The summed E-state index contributed by atoms with van der Waals surface area (Å²) in [6, 6.07) is 5.73. The van der Waals surface area contributed by atoms with E-state index in [1.165, 1.54) is 5.56 Å². The van der Waals surface area contributed by atoms with Crippen LogP contribution in [0.4, 0.5) is 0 Å². The molecule has 76 valence electrons. The molecule has 0 saturated heterocycles. The Labute approximate surface area is 103 Å². The lowest BCUT2D eigenvalue weighted by atomic mass is 10.1. The molecule has 0 aromatic heterocycles. The van der Waals surface area contributed by atoms with Crippen LogP contribution in [0, 0.1) is 0 Å². The molecule has 1 rings (SSSR count). The molecule has 0 atom stereocenters. The summed E-state index contributed by atoms with van der Waals surface area (Å²) in [6.07, 6.45) is 6.25. The van der Waals surface area contributed by atoms with E-state index in [4.69, 9.17) is 23.2 Å². The first-order chi connectivity index (χ1) is 6.74. The van der Waals surface area contributed by atoms with E-state index in [9.17, 15) is 0 Å². The highest BCUT2D eigenvalue weighted by Crippen LogP contribution is 2.22. The van der Waals surface area contributed by atoms with Gasteiger partial charge < -0.3 is 0 Å². The Hall–Kier alpha value is 0.0200. The summed E-state index contributed by atoms with van der Waals surface area (Å²) in [5.41, 5.74) is 1.19. The summed E-state index contributed by atoms with van der Waals surface area (Å²) in [6.45, 7) is 0. The number of halogens is 3. The molecule has 0 aliphatic rings. The number of rotatable bonds is 4. The zero-order chi connectivity index (χ0) is 10.4. The van der Waals surface area contributed by atoms with Crippen LogP contribution in [0.5, 0.6) is 0 Å². The maximum atomic E-state index is 5.89. The van der Waals surface area contributed by atoms with Gasteiger partial charge in [-0.25, -0.2) is 0 Å². The molecule has 0 heterocycles. The third-order valence-corrected chi connectivity index (χ3v) is 2.98. The molecule has 3 heteroatoms. The predicted molar refractivity (Wildman–Crippen MR) is 67.7 cm³/mol. The van der Waals surface area contributed by atoms with Crippen LogP contribution in [-0.2, 0) is 6.42 Å². The van der Waals surface area contributed by atoms with E-state index < -0.39 is 0 Å². The first-order valence-electron chi connectivity index (χ1n) is 4.39. The number of benzene rings is 1. The minimum atomic E-state index is 0.611. The van der Waals surface area contributed by atoms with Crippen molar-refractivity contribution in [3.05, 3.63) is 46.0 Å².